The summed E-state index contributed by atoms with van der Waals surface area (Å²) < 4.78 is 0. The van der Waals surface area contributed by atoms with E-state index < -0.39 is 0 Å². The van der Waals surface area contributed by atoms with Crippen molar-refractivity contribution in [2.45, 2.75) is 38.3 Å². The number of hydrogen-bond acceptors (Lipinski definition) is 4. The maximum absolute atomic E-state index is 4.53. The highest BCUT2D eigenvalue weighted by atomic mass is 15.3. The van der Waals surface area contributed by atoms with Crippen LogP contribution in [0.4, 0.5) is 5.95 Å². The first-order valence-electron chi connectivity index (χ1n) is 8.27. The number of aryl methyl sites for hydroxylation is 1. The van der Waals surface area contributed by atoms with Gasteiger partial charge >= 0.3 is 0 Å². The lowest BCUT2D eigenvalue weighted by atomic mass is 10.1. The van der Waals surface area contributed by atoms with E-state index in [1.165, 1.54) is 36.8 Å². The van der Waals surface area contributed by atoms with Gasteiger partial charge in [0.1, 0.15) is 0 Å². The highest BCUT2D eigenvalue weighted by Gasteiger charge is 2.21. The number of aromatic nitrogens is 2. The maximum Gasteiger partial charge on any atom is 0.225 e. The average Bonchev–Trinajstić information content (AvgIpc) is 3.23. The van der Waals surface area contributed by atoms with Crippen molar-refractivity contribution in [2.24, 2.45) is 0 Å². The Kier molecular flexibility index (Phi) is 3.77. The predicted octanol–water partition coefficient (Wildman–Crippen LogP) is 2.85. The van der Waals surface area contributed by atoms with Crippen molar-refractivity contribution in [2.75, 3.05) is 18.0 Å². The number of anilines is 1. The van der Waals surface area contributed by atoms with Crippen molar-refractivity contribution in [1.82, 2.24) is 15.3 Å². The van der Waals surface area contributed by atoms with Crippen molar-refractivity contribution in [3.8, 4) is 0 Å². The molecule has 1 aromatic heterocycles. The largest absolute Gasteiger partial charge is 0.341 e. The second-order valence-corrected chi connectivity index (χ2v) is 6.26. The third kappa shape index (κ3) is 2.71. The molecule has 1 atom stereocenters. The number of nitrogens with zero attached hydrogens (tertiary/aromatic N) is 3. The van der Waals surface area contributed by atoms with Crippen LogP contribution in [-0.4, -0.2) is 23.1 Å². The zero-order chi connectivity index (χ0) is 14.8. The molecule has 1 fully saturated rings. The summed E-state index contributed by atoms with van der Waals surface area (Å²) in [6, 6.07) is 9.21. The minimum absolute atomic E-state index is 0.467. The highest BCUT2D eigenvalue weighted by Crippen LogP contribution is 2.30. The van der Waals surface area contributed by atoms with Gasteiger partial charge in [-0.25, -0.2) is 9.97 Å². The fraction of sp³-hybridized carbons (Fsp3) is 0.444. The Morgan fingerprint density at radius 1 is 1.09 bits per heavy atom. The van der Waals surface area contributed by atoms with E-state index in [0.29, 0.717) is 6.04 Å². The van der Waals surface area contributed by atoms with Crippen molar-refractivity contribution in [3.05, 3.63) is 53.3 Å². The van der Waals surface area contributed by atoms with Crippen LogP contribution < -0.4 is 10.2 Å². The molecule has 0 bridgehead atoms. The SMILES string of the molecule is c1ccc2c(c1)CCC2NCc1cnc(N2CCCC2)nc1. The second kappa shape index (κ2) is 6.05. The third-order valence-corrected chi connectivity index (χ3v) is 4.77. The maximum atomic E-state index is 4.53. The van der Waals surface area contributed by atoms with Crippen LogP contribution in [0, 0.1) is 0 Å². The molecule has 0 spiro atoms. The molecule has 0 saturated carbocycles. The zero-order valence-corrected chi connectivity index (χ0v) is 12.8. The van der Waals surface area contributed by atoms with Crippen molar-refractivity contribution in [1.29, 1.82) is 0 Å². The van der Waals surface area contributed by atoms with Gasteiger partial charge in [-0.05, 0) is 36.8 Å². The lowest BCUT2D eigenvalue weighted by molar-refractivity contribution is 0.529. The summed E-state index contributed by atoms with van der Waals surface area (Å²) in [5.41, 5.74) is 4.10. The lowest BCUT2D eigenvalue weighted by Gasteiger charge is -2.16. The molecule has 1 saturated heterocycles. The predicted molar refractivity (Wildman–Crippen MR) is 87.8 cm³/mol. The summed E-state index contributed by atoms with van der Waals surface area (Å²) in [5.74, 6) is 0.882. The van der Waals surface area contributed by atoms with Gasteiger partial charge in [0.15, 0.2) is 0 Å². The van der Waals surface area contributed by atoms with E-state index >= 15 is 0 Å². The van der Waals surface area contributed by atoms with Crippen LogP contribution in [-0.2, 0) is 13.0 Å². The summed E-state index contributed by atoms with van der Waals surface area (Å²) in [4.78, 5) is 11.3. The Bertz CT molecular complexity index is 632. The Morgan fingerprint density at radius 3 is 2.68 bits per heavy atom. The Hall–Kier alpha value is -1.94. The summed E-state index contributed by atoms with van der Waals surface area (Å²) >= 11 is 0. The molecular weight excluding hydrogens is 272 g/mol. The summed E-state index contributed by atoms with van der Waals surface area (Å²) in [6.45, 7) is 3.02. The minimum Gasteiger partial charge on any atom is -0.341 e. The Balaban J connectivity index is 1.38. The molecule has 4 rings (SSSR count). The molecule has 114 valence electrons. The topological polar surface area (TPSA) is 41.1 Å². The number of benzene rings is 1. The highest BCUT2D eigenvalue weighted by molar-refractivity contribution is 5.34. The zero-order valence-electron chi connectivity index (χ0n) is 12.8. The summed E-state index contributed by atoms with van der Waals surface area (Å²) in [6.07, 6.45) is 8.81. The lowest BCUT2D eigenvalue weighted by Crippen LogP contribution is -2.21. The van der Waals surface area contributed by atoms with Gasteiger partial charge in [0.05, 0.1) is 0 Å². The Morgan fingerprint density at radius 2 is 1.86 bits per heavy atom. The van der Waals surface area contributed by atoms with E-state index in [1.54, 1.807) is 0 Å². The smallest absolute Gasteiger partial charge is 0.225 e. The van der Waals surface area contributed by atoms with Gasteiger partial charge in [-0.3, -0.25) is 0 Å². The second-order valence-electron chi connectivity index (χ2n) is 6.26. The molecule has 0 radical (unpaired) electrons. The fourth-order valence-corrected chi connectivity index (χ4v) is 3.53. The van der Waals surface area contributed by atoms with Crippen LogP contribution in [0.5, 0.6) is 0 Å². The van der Waals surface area contributed by atoms with Crippen LogP contribution in [0.2, 0.25) is 0 Å². The van der Waals surface area contributed by atoms with Gasteiger partial charge in [-0.2, -0.15) is 0 Å². The first-order chi connectivity index (χ1) is 10.9. The van der Waals surface area contributed by atoms with Crippen molar-refractivity contribution < 1.29 is 0 Å². The molecular formula is C18H22N4. The molecule has 22 heavy (non-hydrogen) atoms. The molecule has 2 aliphatic rings. The van der Waals surface area contributed by atoms with Crippen LogP contribution in [0.15, 0.2) is 36.7 Å². The van der Waals surface area contributed by atoms with Gasteiger partial charge in [0.2, 0.25) is 5.95 Å². The first kappa shape index (κ1) is 13.7. The van der Waals surface area contributed by atoms with Crippen LogP contribution >= 0.6 is 0 Å². The third-order valence-electron chi connectivity index (χ3n) is 4.77. The van der Waals surface area contributed by atoms with E-state index in [2.05, 4.69) is 44.5 Å². The fourth-order valence-electron chi connectivity index (χ4n) is 3.53. The van der Waals surface area contributed by atoms with Gasteiger partial charge in [0, 0.05) is 43.6 Å². The number of nitrogens with one attached hydrogen (secondary N) is 1. The molecule has 4 heteroatoms. The van der Waals surface area contributed by atoms with Gasteiger partial charge < -0.3 is 10.2 Å². The van der Waals surface area contributed by atoms with Crippen molar-refractivity contribution >= 4 is 5.95 Å². The summed E-state index contributed by atoms with van der Waals surface area (Å²) in [7, 11) is 0. The molecule has 1 unspecified atom stereocenters. The minimum atomic E-state index is 0.467. The van der Waals surface area contributed by atoms with Crippen molar-refractivity contribution in [3.63, 3.8) is 0 Å². The number of rotatable bonds is 4. The van der Waals surface area contributed by atoms with E-state index in [9.17, 15) is 0 Å². The molecule has 1 aliphatic carbocycles. The van der Waals surface area contributed by atoms with E-state index in [0.717, 1.165) is 31.1 Å². The number of fused-ring (bicyclic) bond motifs is 1. The molecule has 1 N–H and O–H groups in total. The first-order valence-corrected chi connectivity index (χ1v) is 8.27. The van der Waals surface area contributed by atoms with E-state index in [-0.39, 0.29) is 0 Å². The average molecular weight is 294 g/mol. The van der Waals surface area contributed by atoms with Gasteiger partial charge in [0.25, 0.3) is 0 Å². The van der Waals surface area contributed by atoms with Gasteiger partial charge in [-0.15, -0.1) is 0 Å². The van der Waals surface area contributed by atoms with E-state index in [1.807, 2.05) is 12.4 Å². The van der Waals surface area contributed by atoms with Crippen LogP contribution in [0.3, 0.4) is 0 Å². The molecule has 0 amide bonds. The van der Waals surface area contributed by atoms with Crippen LogP contribution in [0.1, 0.15) is 42.0 Å². The molecule has 4 nitrogen and oxygen atoms in total. The van der Waals surface area contributed by atoms with Crippen LogP contribution in [0.25, 0.3) is 0 Å². The van der Waals surface area contributed by atoms with E-state index in [4.69, 9.17) is 0 Å². The normalized spacial score (nSPS) is 20.4. The standard InChI is InChI=1S/C18H22N4/c1-2-6-16-15(5-1)7-8-17(16)19-11-14-12-20-18(21-13-14)22-9-3-4-10-22/h1-2,5-6,12-13,17,19H,3-4,7-11H2. The molecule has 2 aromatic rings. The number of hydrogen-bond donors (Lipinski definition) is 1. The Labute approximate surface area is 131 Å². The summed E-state index contributed by atoms with van der Waals surface area (Å²) in [5, 5.41) is 3.65. The van der Waals surface area contributed by atoms with Gasteiger partial charge in [-0.1, -0.05) is 24.3 Å². The monoisotopic (exact) mass is 294 g/mol. The molecule has 1 aliphatic heterocycles. The quantitative estimate of drug-likeness (QED) is 0.941. The molecule has 2 heterocycles. The molecule has 1 aromatic carbocycles.